The zero-order valence-corrected chi connectivity index (χ0v) is 16.0. The molecule has 146 valence electrons. The lowest BCUT2D eigenvalue weighted by molar-refractivity contribution is 0.0673. The minimum absolute atomic E-state index is 0.174. The van der Waals surface area contributed by atoms with E-state index in [1.807, 2.05) is 23.1 Å². The van der Waals surface area contributed by atoms with Crippen LogP contribution in [0.2, 0.25) is 0 Å². The molecular weight excluding hydrogens is 340 g/mol. The number of amides is 1. The van der Waals surface area contributed by atoms with Gasteiger partial charge in [-0.05, 0) is 44.4 Å². The summed E-state index contributed by atoms with van der Waals surface area (Å²) in [6, 6.07) is 6.29. The number of carbonyl (C=O) groups excluding carboxylic acids is 1. The number of nitrogens with zero attached hydrogens (tertiary/aromatic N) is 2. The first kappa shape index (κ1) is 17.5. The van der Waals surface area contributed by atoms with Gasteiger partial charge in [-0.2, -0.15) is 0 Å². The highest BCUT2D eigenvalue weighted by molar-refractivity contribution is 5.99. The van der Waals surface area contributed by atoms with Crippen molar-refractivity contribution < 1.29 is 9.53 Å². The third kappa shape index (κ3) is 3.24. The van der Waals surface area contributed by atoms with E-state index in [2.05, 4.69) is 15.5 Å². The average molecular weight is 370 g/mol. The molecule has 0 radical (unpaired) electrons. The van der Waals surface area contributed by atoms with Crippen LogP contribution in [0.4, 0.5) is 0 Å². The molecule has 1 aliphatic carbocycles. The van der Waals surface area contributed by atoms with Crippen molar-refractivity contribution in [1.29, 1.82) is 0 Å². The minimum atomic E-state index is 0.174. The smallest absolute Gasteiger partial charge is 0.254 e. The van der Waals surface area contributed by atoms with Gasteiger partial charge < -0.3 is 20.3 Å². The van der Waals surface area contributed by atoms with Crippen LogP contribution < -0.4 is 15.4 Å². The molecule has 0 bridgehead atoms. The summed E-state index contributed by atoms with van der Waals surface area (Å²) in [5.41, 5.74) is 2.15. The fourth-order valence-electron chi connectivity index (χ4n) is 4.90. The van der Waals surface area contributed by atoms with Crippen LogP contribution in [0.5, 0.6) is 5.75 Å². The molecule has 3 heterocycles. The molecule has 5 rings (SSSR count). The monoisotopic (exact) mass is 370 g/mol. The Morgan fingerprint density at radius 2 is 2.00 bits per heavy atom. The van der Waals surface area contributed by atoms with Gasteiger partial charge in [0.2, 0.25) is 0 Å². The zero-order valence-electron chi connectivity index (χ0n) is 16.0. The fraction of sp³-hybridized carbons (Fsp3) is 0.667. The molecule has 1 atom stereocenters. The van der Waals surface area contributed by atoms with Crippen molar-refractivity contribution >= 4 is 5.91 Å². The summed E-state index contributed by atoms with van der Waals surface area (Å²) in [4.78, 5) is 17.6. The number of piperazine rings is 1. The maximum atomic E-state index is 12.9. The van der Waals surface area contributed by atoms with E-state index < -0.39 is 0 Å². The fourth-order valence-corrected chi connectivity index (χ4v) is 4.90. The number of nitrogens with one attached hydrogen (secondary N) is 2. The van der Waals surface area contributed by atoms with Crippen molar-refractivity contribution in [2.75, 3.05) is 45.9 Å². The highest BCUT2D eigenvalue weighted by Crippen LogP contribution is 2.43. The summed E-state index contributed by atoms with van der Waals surface area (Å²) in [6.07, 6.45) is 4.68. The number of ether oxygens (including phenoxy) is 1. The zero-order chi connectivity index (χ0) is 18.3. The highest BCUT2D eigenvalue weighted by Gasteiger charge is 2.49. The number of hydrogen-bond donors (Lipinski definition) is 2. The summed E-state index contributed by atoms with van der Waals surface area (Å²) in [7, 11) is 0. The Morgan fingerprint density at radius 1 is 1.15 bits per heavy atom. The Balaban J connectivity index is 1.29. The third-order valence-corrected chi connectivity index (χ3v) is 6.78. The van der Waals surface area contributed by atoms with Gasteiger partial charge in [0, 0.05) is 49.9 Å². The molecule has 2 saturated heterocycles. The van der Waals surface area contributed by atoms with Crippen LogP contribution in [0, 0.1) is 0 Å². The molecule has 1 unspecified atom stereocenters. The SMILES string of the molecule is O=C1c2cccc(OCC3(N4CCNCC4)CC3)c2CN1C1CCCNC1. The van der Waals surface area contributed by atoms with Gasteiger partial charge in [-0.25, -0.2) is 0 Å². The Kier molecular flexibility index (Phi) is 4.58. The molecule has 6 nitrogen and oxygen atoms in total. The minimum Gasteiger partial charge on any atom is -0.491 e. The summed E-state index contributed by atoms with van der Waals surface area (Å²) in [5, 5.41) is 6.86. The molecule has 27 heavy (non-hydrogen) atoms. The molecule has 1 aromatic rings. The molecule has 2 N–H and O–H groups in total. The quantitative estimate of drug-likeness (QED) is 0.816. The van der Waals surface area contributed by atoms with E-state index in [1.165, 1.54) is 12.8 Å². The van der Waals surface area contributed by atoms with Gasteiger partial charge in [0.1, 0.15) is 12.4 Å². The second-order valence-corrected chi connectivity index (χ2v) is 8.47. The van der Waals surface area contributed by atoms with Gasteiger partial charge >= 0.3 is 0 Å². The van der Waals surface area contributed by atoms with Crippen molar-refractivity contribution in [2.45, 2.75) is 43.8 Å². The van der Waals surface area contributed by atoms with E-state index in [9.17, 15) is 4.79 Å². The Hall–Kier alpha value is -1.63. The first-order chi connectivity index (χ1) is 13.3. The molecule has 4 aliphatic rings. The number of piperidine rings is 1. The predicted octanol–water partition coefficient (Wildman–Crippen LogP) is 1.21. The lowest BCUT2D eigenvalue weighted by Gasteiger charge is -2.35. The van der Waals surface area contributed by atoms with Crippen LogP contribution in [0.25, 0.3) is 0 Å². The second kappa shape index (κ2) is 7.08. The molecule has 3 fully saturated rings. The number of carbonyl (C=O) groups is 1. The van der Waals surface area contributed by atoms with Crippen LogP contribution in [-0.4, -0.2) is 73.2 Å². The standard InChI is InChI=1S/C21H30N4O2/c26-20-17-4-1-5-19(18(17)14-25(20)16-3-2-8-23-13-16)27-15-21(6-7-21)24-11-9-22-10-12-24/h1,4-5,16,22-23H,2-3,6-15H2. The molecule has 6 heteroatoms. The number of fused-ring (bicyclic) bond motifs is 1. The maximum absolute atomic E-state index is 12.9. The van der Waals surface area contributed by atoms with E-state index in [1.54, 1.807) is 0 Å². The van der Waals surface area contributed by atoms with E-state index in [-0.39, 0.29) is 11.4 Å². The molecule has 1 amide bonds. The third-order valence-electron chi connectivity index (χ3n) is 6.78. The largest absolute Gasteiger partial charge is 0.491 e. The van der Waals surface area contributed by atoms with Crippen LogP contribution in [0.1, 0.15) is 41.6 Å². The van der Waals surface area contributed by atoms with Gasteiger partial charge in [0.05, 0.1) is 12.1 Å². The van der Waals surface area contributed by atoms with Crippen molar-refractivity contribution in [2.24, 2.45) is 0 Å². The van der Waals surface area contributed by atoms with E-state index in [4.69, 9.17) is 4.74 Å². The number of hydrogen-bond acceptors (Lipinski definition) is 5. The van der Waals surface area contributed by atoms with Crippen molar-refractivity contribution in [3.63, 3.8) is 0 Å². The lowest BCUT2D eigenvalue weighted by Crippen LogP contribution is -2.51. The van der Waals surface area contributed by atoms with Crippen LogP contribution in [-0.2, 0) is 6.54 Å². The van der Waals surface area contributed by atoms with Gasteiger partial charge in [0.25, 0.3) is 5.91 Å². The van der Waals surface area contributed by atoms with Crippen LogP contribution >= 0.6 is 0 Å². The molecule has 3 aliphatic heterocycles. The van der Waals surface area contributed by atoms with Gasteiger partial charge in [0.15, 0.2) is 0 Å². The van der Waals surface area contributed by atoms with Gasteiger partial charge in [-0.15, -0.1) is 0 Å². The van der Waals surface area contributed by atoms with Crippen LogP contribution in [0.3, 0.4) is 0 Å². The highest BCUT2D eigenvalue weighted by atomic mass is 16.5. The van der Waals surface area contributed by atoms with E-state index >= 15 is 0 Å². The van der Waals surface area contributed by atoms with E-state index in [0.29, 0.717) is 12.6 Å². The first-order valence-corrected chi connectivity index (χ1v) is 10.5. The molecule has 1 aromatic carbocycles. The van der Waals surface area contributed by atoms with Crippen molar-refractivity contribution in [1.82, 2.24) is 20.4 Å². The average Bonchev–Trinajstić information content (AvgIpc) is 3.45. The van der Waals surface area contributed by atoms with Crippen molar-refractivity contribution in [3.05, 3.63) is 29.3 Å². The number of rotatable bonds is 5. The first-order valence-electron chi connectivity index (χ1n) is 10.5. The normalized spacial score (nSPS) is 27.5. The van der Waals surface area contributed by atoms with Crippen molar-refractivity contribution in [3.8, 4) is 5.75 Å². The number of benzene rings is 1. The van der Waals surface area contributed by atoms with Gasteiger partial charge in [-0.3, -0.25) is 9.69 Å². The maximum Gasteiger partial charge on any atom is 0.254 e. The lowest BCUT2D eigenvalue weighted by atomic mass is 10.1. The molecule has 0 spiro atoms. The summed E-state index contributed by atoms with van der Waals surface area (Å²) in [6.45, 7) is 7.76. The van der Waals surface area contributed by atoms with E-state index in [0.717, 1.165) is 75.6 Å². The summed E-state index contributed by atoms with van der Waals surface area (Å²) >= 11 is 0. The Morgan fingerprint density at radius 3 is 2.74 bits per heavy atom. The van der Waals surface area contributed by atoms with Crippen LogP contribution in [0.15, 0.2) is 18.2 Å². The Labute approximate surface area is 161 Å². The predicted molar refractivity (Wildman–Crippen MR) is 104 cm³/mol. The second-order valence-electron chi connectivity index (χ2n) is 8.47. The topological polar surface area (TPSA) is 56.8 Å². The molecule has 0 aromatic heterocycles. The Bertz CT molecular complexity index is 706. The summed E-state index contributed by atoms with van der Waals surface area (Å²) < 4.78 is 6.36. The molecular formula is C21H30N4O2. The molecule has 1 saturated carbocycles. The summed E-state index contributed by atoms with van der Waals surface area (Å²) in [5.74, 6) is 1.08. The van der Waals surface area contributed by atoms with Gasteiger partial charge in [-0.1, -0.05) is 6.07 Å².